The summed E-state index contributed by atoms with van der Waals surface area (Å²) < 4.78 is 10.5. The summed E-state index contributed by atoms with van der Waals surface area (Å²) in [6, 6.07) is 24.7. The number of thiophene rings is 1. The predicted octanol–water partition coefficient (Wildman–Crippen LogP) is 6.15. The van der Waals surface area contributed by atoms with E-state index in [4.69, 9.17) is 9.47 Å². The van der Waals surface area contributed by atoms with Crippen LogP contribution in [0.3, 0.4) is 0 Å². The van der Waals surface area contributed by atoms with Crippen LogP contribution in [0.4, 0.5) is 5.69 Å². The zero-order chi connectivity index (χ0) is 27.6. The minimum atomic E-state index is -0.447. The molecule has 4 rings (SSSR count). The molecule has 0 aliphatic carbocycles. The molecule has 3 aromatic carbocycles. The van der Waals surface area contributed by atoms with Gasteiger partial charge in [0.15, 0.2) is 17.3 Å². The third-order valence-corrected chi connectivity index (χ3v) is 7.38. The van der Waals surface area contributed by atoms with Crippen LogP contribution in [-0.2, 0) is 4.79 Å². The Bertz CT molecular complexity index is 1470. The highest BCUT2D eigenvalue weighted by Crippen LogP contribution is 2.29. The van der Waals surface area contributed by atoms with Crippen molar-refractivity contribution in [3.8, 4) is 11.5 Å². The quantitative estimate of drug-likeness (QED) is 0.130. The van der Waals surface area contributed by atoms with Gasteiger partial charge in [-0.25, -0.2) is 0 Å². The second kappa shape index (κ2) is 13.5. The lowest BCUT2D eigenvalue weighted by molar-refractivity contribution is -0.113. The lowest BCUT2D eigenvalue weighted by atomic mass is 10.1. The summed E-state index contributed by atoms with van der Waals surface area (Å²) >= 11 is 2.85. The fourth-order valence-electron chi connectivity index (χ4n) is 3.53. The summed E-state index contributed by atoms with van der Waals surface area (Å²) in [7, 11) is 3.07. The van der Waals surface area contributed by atoms with Crippen molar-refractivity contribution in [3.05, 3.63) is 112 Å². The molecule has 0 atom stereocenters. The van der Waals surface area contributed by atoms with Crippen LogP contribution in [0.2, 0.25) is 0 Å². The van der Waals surface area contributed by atoms with Gasteiger partial charge in [0.1, 0.15) is 5.70 Å². The first-order valence-electron chi connectivity index (χ1n) is 11.9. The zero-order valence-corrected chi connectivity index (χ0v) is 22.9. The molecule has 0 unspecified atom stereocenters. The molecule has 198 valence electrons. The van der Waals surface area contributed by atoms with Crippen molar-refractivity contribution in [1.82, 2.24) is 5.32 Å². The van der Waals surface area contributed by atoms with E-state index in [-0.39, 0.29) is 23.1 Å². The molecule has 0 fully saturated rings. The Hall–Kier alpha value is -4.34. The monoisotopic (exact) mass is 558 g/mol. The number of carbonyl (C=O) groups is 3. The zero-order valence-electron chi connectivity index (χ0n) is 21.3. The van der Waals surface area contributed by atoms with E-state index < -0.39 is 5.91 Å². The second-order valence-electron chi connectivity index (χ2n) is 8.15. The molecule has 2 amide bonds. The van der Waals surface area contributed by atoms with Gasteiger partial charge in [0, 0.05) is 26.6 Å². The Morgan fingerprint density at radius 1 is 0.846 bits per heavy atom. The molecule has 4 aromatic rings. The van der Waals surface area contributed by atoms with Gasteiger partial charge < -0.3 is 20.1 Å². The number of carbonyl (C=O) groups excluding carboxylic acids is 3. The molecular formula is C30H26N2O5S2. The van der Waals surface area contributed by atoms with Crippen LogP contribution in [-0.4, -0.2) is 37.6 Å². The fraction of sp³-hybridized carbons (Fsp3) is 0.100. The molecule has 0 spiro atoms. The van der Waals surface area contributed by atoms with Gasteiger partial charge in [-0.3, -0.25) is 14.4 Å². The lowest BCUT2D eigenvalue weighted by Gasteiger charge is -2.11. The number of benzene rings is 3. The van der Waals surface area contributed by atoms with E-state index in [9.17, 15) is 14.4 Å². The summed E-state index contributed by atoms with van der Waals surface area (Å²) in [5.41, 5.74) is 1.67. The maximum absolute atomic E-state index is 13.1. The summed E-state index contributed by atoms with van der Waals surface area (Å²) in [6.45, 7) is 0. The van der Waals surface area contributed by atoms with Crippen LogP contribution < -0.4 is 20.1 Å². The van der Waals surface area contributed by atoms with Crippen molar-refractivity contribution in [3.63, 3.8) is 0 Å². The third-order valence-electron chi connectivity index (χ3n) is 5.55. The van der Waals surface area contributed by atoms with Gasteiger partial charge in [0.05, 0.1) is 20.0 Å². The number of anilines is 1. The van der Waals surface area contributed by atoms with Gasteiger partial charge in [-0.1, -0.05) is 24.3 Å². The number of ketones is 1. The van der Waals surface area contributed by atoms with Crippen LogP contribution in [0, 0.1) is 0 Å². The van der Waals surface area contributed by atoms with Crippen LogP contribution in [0.1, 0.15) is 25.6 Å². The minimum Gasteiger partial charge on any atom is -0.493 e. The van der Waals surface area contributed by atoms with E-state index in [1.54, 1.807) is 67.8 Å². The summed E-state index contributed by atoms with van der Waals surface area (Å²) in [4.78, 5) is 40.2. The third kappa shape index (κ3) is 7.59. The first-order chi connectivity index (χ1) is 19.0. The molecule has 0 aliphatic rings. The normalized spacial score (nSPS) is 11.0. The van der Waals surface area contributed by atoms with E-state index in [0.29, 0.717) is 28.3 Å². The van der Waals surface area contributed by atoms with Gasteiger partial charge in [0.25, 0.3) is 11.8 Å². The van der Waals surface area contributed by atoms with Crippen LogP contribution in [0.15, 0.2) is 101 Å². The Kier molecular flexibility index (Phi) is 9.55. The number of methoxy groups -OCH3 is 2. The first-order valence-corrected chi connectivity index (χ1v) is 13.7. The Morgan fingerprint density at radius 2 is 1.59 bits per heavy atom. The van der Waals surface area contributed by atoms with Crippen LogP contribution >= 0.6 is 23.1 Å². The molecular weight excluding hydrogens is 532 g/mol. The number of ether oxygens (including phenoxy) is 2. The largest absolute Gasteiger partial charge is 0.493 e. The Labute approximate surface area is 234 Å². The number of hydrogen-bond donors (Lipinski definition) is 2. The average molecular weight is 559 g/mol. The fourth-order valence-corrected chi connectivity index (χ4v) is 4.98. The predicted molar refractivity (Wildman–Crippen MR) is 156 cm³/mol. The second-order valence-corrected chi connectivity index (χ2v) is 10.2. The highest BCUT2D eigenvalue weighted by Gasteiger charge is 2.16. The number of nitrogens with one attached hydrogen (secondary N) is 2. The standard InChI is InChI=1S/C30H26N2O5S2/c1-36-27-15-10-21(17-28(27)37-2)26(33)19-39-23-13-11-22(12-14-23)31-30(35)25(18-24-9-6-16-38-24)32-29(34)20-7-4-3-5-8-20/h3-18H,19H2,1-2H3,(H,31,35)(H,32,34)/b25-18-. The Balaban J connectivity index is 1.39. The minimum absolute atomic E-state index is 0.0455. The van der Waals surface area contributed by atoms with Gasteiger partial charge >= 0.3 is 0 Å². The van der Waals surface area contributed by atoms with Gasteiger partial charge in [-0.15, -0.1) is 23.1 Å². The van der Waals surface area contributed by atoms with Crippen molar-refractivity contribution >= 4 is 52.5 Å². The SMILES string of the molecule is COc1ccc(C(=O)CSc2ccc(NC(=O)/C(=C/c3cccs3)NC(=O)c3ccccc3)cc2)cc1OC. The van der Waals surface area contributed by atoms with Crippen LogP contribution in [0.5, 0.6) is 11.5 Å². The topological polar surface area (TPSA) is 93.7 Å². The van der Waals surface area contributed by atoms with Gasteiger partial charge in [-0.05, 0) is 72.1 Å². The summed E-state index contributed by atoms with van der Waals surface area (Å²) in [5.74, 6) is 0.431. The molecule has 0 radical (unpaired) electrons. The van der Waals surface area contributed by atoms with E-state index in [1.165, 1.54) is 30.2 Å². The van der Waals surface area contributed by atoms with E-state index >= 15 is 0 Å². The molecule has 0 saturated carbocycles. The highest BCUT2D eigenvalue weighted by atomic mass is 32.2. The number of hydrogen-bond acceptors (Lipinski definition) is 7. The Morgan fingerprint density at radius 3 is 2.26 bits per heavy atom. The van der Waals surface area contributed by atoms with Crippen molar-refractivity contribution in [1.29, 1.82) is 0 Å². The van der Waals surface area contributed by atoms with E-state index in [0.717, 1.165) is 9.77 Å². The molecule has 39 heavy (non-hydrogen) atoms. The molecule has 0 saturated heterocycles. The van der Waals surface area contributed by atoms with Crippen LogP contribution in [0.25, 0.3) is 6.08 Å². The van der Waals surface area contributed by atoms with Gasteiger partial charge in [0.2, 0.25) is 0 Å². The van der Waals surface area contributed by atoms with Gasteiger partial charge in [-0.2, -0.15) is 0 Å². The molecule has 1 heterocycles. The molecule has 0 bridgehead atoms. The molecule has 0 aliphatic heterocycles. The van der Waals surface area contributed by atoms with E-state index in [1.807, 2.05) is 35.7 Å². The smallest absolute Gasteiger partial charge is 0.272 e. The number of amides is 2. The van der Waals surface area contributed by atoms with Crippen molar-refractivity contribution in [2.24, 2.45) is 0 Å². The molecule has 1 aromatic heterocycles. The maximum Gasteiger partial charge on any atom is 0.272 e. The number of rotatable bonds is 11. The van der Waals surface area contributed by atoms with Crippen molar-refractivity contribution < 1.29 is 23.9 Å². The van der Waals surface area contributed by atoms with Crippen molar-refractivity contribution in [2.45, 2.75) is 4.90 Å². The summed E-state index contributed by atoms with van der Waals surface area (Å²) in [5, 5.41) is 7.45. The lowest BCUT2D eigenvalue weighted by Crippen LogP contribution is -2.30. The van der Waals surface area contributed by atoms with Crippen molar-refractivity contribution in [2.75, 3.05) is 25.3 Å². The maximum atomic E-state index is 13.1. The highest BCUT2D eigenvalue weighted by molar-refractivity contribution is 8.00. The summed E-state index contributed by atoms with van der Waals surface area (Å²) in [6.07, 6.45) is 1.64. The number of Topliss-reactive ketones (excluding diaryl/α,β-unsaturated/α-hetero) is 1. The van der Waals surface area contributed by atoms with E-state index in [2.05, 4.69) is 10.6 Å². The molecule has 7 nitrogen and oxygen atoms in total. The first kappa shape index (κ1) is 27.7. The number of thioether (sulfide) groups is 1. The average Bonchev–Trinajstić information content (AvgIpc) is 3.49. The molecule has 2 N–H and O–H groups in total. The molecule has 9 heteroatoms.